The van der Waals surface area contributed by atoms with E-state index in [-0.39, 0.29) is 6.10 Å². The molecule has 2 rings (SSSR count). The molecular weight excluding hydrogens is 302 g/mol. The first-order valence-corrected chi connectivity index (χ1v) is 6.70. The van der Waals surface area contributed by atoms with E-state index in [9.17, 15) is 0 Å². The van der Waals surface area contributed by atoms with Gasteiger partial charge in [-0.25, -0.2) is 0 Å². The lowest BCUT2D eigenvalue weighted by Crippen LogP contribution is -2.26. The van der Waals surface area contributed by atoms with E-state index in [1.807, 2.05) is 18.2 Å². The minimum Gasteiger partial charge on any atom is -0.489 e. The molecule has 1 heterocycles. The zero-order chi connectivity index (χ0) is 12.3. The maximum absolute atomic E-state index is 5.91. The second kappa shape index (κ2) is 5.80. The maximum atomic E-state index is 5.91. The van der Waals surface area contributed by atoms with Crippen molar-refractivity contribution in [1.82, 2.24) is 0 Å². The van der Waals surface area contributed by atoms with Crippen LogP contribution >= 0.6 is 28.1 Å². The number of hydrogen-bond acceptors (Lipinski definition) is 3. The van der Waals surface area contributed by atoms with Gasteiger partial charge < -0.3 is 15.2 Å². The fraction of sp³-hybridized carbons (Fsp3) is 0.417. The normalized spacial score (nSPS) is 16.8. The number of nitrogens with two attached hydrogens (primary N) is 1. The summed E-state index contributed by atoms with van der Waals surface area (Å²) >= 11 is 8.40. The predicted molar refractivity (Wildman–Crippen MR) is 74.5 cm³/mol. The zero-order valence-electron chi connectivity index (χ0n) is 9.32. The first-order valence-electron chi connectivity index (χ1n) is 5.50. The van der Waals surface area contributed by atoms with Crippen LogP contribution in [0.15, 0.2) is 22.7 Å². The van der Waals surface area contributed by atoms with Gasteiger partial charge in [0.2, 0.25) is 0 Å². The molecule has 1 aromatic carbocycles. The molecule has 92 valence electrons. The highest BCUT2D eigenvalue weighted by molar-refractivity contribution is 9.10. The Kier molecular flexibility index (Phi) is 4.36. The first kappa shape index (κ1) is 12.8. The van der Waals surface area contributed by atoms with Gasteiger partial charge in [-0.15, -0.1) is 0 Å². The van der Waals surface area contributed by atoms with Gasteiger partial charge in [-0.2, -0.15) is 0 Å². The number of ether oxygens (including phenoxy) is 2. The van der Waals surface area contributed by atoms with Crippen LogP contribution in [0.5, 0.6) is 5.75 Å². The van der Waals surface area contributed by atoms with Gasteiger partial charge in [0.15, 0.2) is 0 Å². The van der Waals surface area contributed by atoms with Crippen LogP contribution in [0.3, 0.4) is 0 Å². The van der Waals surface area contributed by atoms with Crippen LogP contribution in [0.2, 0.25) is 0 Å². The summed E-state index contributed by atoms with van der Waals surface area (Å²) in [5.74, 6) is 0.830. The molecule has 1 aliphatic rings. The summed E-state index contributed by atoms with van der Waals surface area (Å²) in [7, 11) is 0. The molecule has 0 unspecified atom stereocenters. The number of benzene rings is 1. The van der Waals surface area contributed by atoms with Gasteiger partial charge >= 0.3 is 0 Å². The van der Waals surface area contributed by atoms with Gasteiger partial charge in [-0.1, -0.05) is 12.2 Å². The Labute approximate surface area is 114 Å². The molecule has 5 heteroatoms. The molecule has 0 saturated carbocycles. The van der Waals surface area contributed by atoms with Crippen molar-refractivity contribution in [2.45, 2.75) is 18.9 Å². The third kappa shape index (κ3) is 3.40. The Hall–Kier alpha value is -0.650. The molecule has 2 N–H and O–H groups in total. The summed E-state index contributed by atoms with van der Waals surface area (Å²) in [6, 6.07) is 5.66. The number of thiocarbonyl (C=S) groups is 1. The van der Waals surface area contributed by atoms with Gasteiger partial charge in [-0.05, 0) is 34.1 Å². The molecule has 0 amide bonds. The van der Waals surface area contributed by atoms with Crippen molar-refractivity contribution in [3.63, 3.8) is 0 Å². The van der Waals surface area contributed by atoms with Crippen LogP contribution in [0, 0.1) is 0 Å². The summed E-state index contributed by atoms with van der Waals surface area (Å²) in [4.78, 5) is 0.392. The van der Waals surface area contributed by atoms with Crippen molar-refractivity contribution in [3.8, 4) is 5.75 Å². The number of hydrogen-bond donors (Lipinski definition) is 1. The number of rotatable bonds is 3. The van der Waals surface area contributed by atoms with Crippen molar-refractivity contribution in [1.29, 1.82) is 0 Å². The smallest absolute Gasteiger partial charge is 0.133 e. The Morgan fingerprint density at radius 3 is 2.71 bits per heavy atom. The molecule has 0 atom stereocenters. The summed E-state index contributed by atoms with van der Waals surface area (Å²) in [5.41, 5.74) is 6.41. The molecule has 0 bridgehead atoms. The second-order valence-corrected chi connectivity index (χ2v) is 5.23. The maximum Gasteiger partial charge on any atom is 0.133 e. The minimum absolute atomic E-state index is 0.232. The third-order valence-electron chi connectivity index (χ3n) is 2.68. The Morgan fingerprint density at radius 2 is 2.12 bits per heavy atom. The monoisotopic (exact) mass is 315 g/mol. The van der Waals surface area contributed by atoms with Crippen molar-refractivity contribution in [2.24, 2.45) is 5.73 Å². The van der Waals surface area contributed by atoms with E-state index in [4.69, 9.17) is 27.4 Å². The molecule has 1 aromatic rings. The molecule has 0 aromatic heterocycles. The third-order valence-corrected chi connectivity index (χ3v) is 3.53. The van der Waals surface area contributed by atoms with Crippen LogP contribution < -0.4 is 10.5 Å². The van der Waals surface area contributed by atoms with Crippen molar-refractivity contribution >= 4 is 33.1 Å². The minimum atomic E-state index is 0.232. The van der Waals surface area contributed by atoms with Crippen LogP contribution in [-0.4, -0.2) is 24.3 Å². The van der Waals surface area contributed by atoms with Gasteiger partial charge in [0, 0.05) is 18.4 Å². The van der Waals surface area contributed by atoms with Crippen LogP contribution in [-0.2, 0) is 4.74 Å². The Balaban J connectivity index is 2.08. The van der Waals surface area contributed by atoms with Gasteiger partial charge in [0.25, 0.3) is 0 Å². The Bertz CT molecular complexity index is 419. The molecular formula is C12H14BrNO2S. The summed E-state index contributed by atoms with van der Waals surface area (Å²) in [5, 5.41) is 0. The lowest BCUT2D eigenvalue weighted by atomic mass is 10.1. The summed E-state index contributed by atoms with van der Waals surface area (Å²) in [6.07, 6.45) is 2.10. The lowest BCUT2D eigenvalue weighted by molar-refractivity contribution is 0.0253. The molecule has 1 saturated heterocycles. The van der Waals surface area contributed by atoms with Crippen LogP contribution in [0.4, 0.5) is 0 Å². The van der Waals surface area contributed by atoms with Gasteiger partial charge in [0.05, 0.1) is 17.7 Å². The van der Waals surface area contributed by atoms with Gasteiger partial charge in [-0.3, -0.25) is 0 Å². The van der Waals surface area contributed by atoms with Gasteiger partial charge in [0.1, 0.15) is 16.8 Å². The predicted octanol–water partition coefficient (Wildman–Crippen LogP) is 2.64. The number of halogens is 1. The van der Waals surface area contributed by atoms with E-state index in [2.05, 4.69) is 15.9 Å². The molecule has 0 aliphatic carbocycles. The largest absolute Gasteiger partial charge is 0.489 e. The standard InChI is InChI=1S/C12H14BrNO2S/c13-10-7-8(12(14)17)1-2-11(10)16-9-3-5-15-6-4-9/h1-2,7,9H,3-6H2,(H2,14,17). The second-order valence-electron chi connectivity index (χ2n) is 3.94. The lowest BCUT2D eigenvalue weighted by Gasteiger charge is -2.24. The molecule has 0 spiro atoms. The average molecular weight is 316 g/mol. The molecule has 17 heavy (non-hydrogen) atoms. The zero-order valence-corrected chi connectivity index (χ0v) is 11.7. The molecule has 1 aliphatic heterocycles. The highest BCUT2D eigenvalue weighted by atomic mass is 79.9. The average Bonchev–Trinajstić information content (AvgIpc) is 2.33. The summed E-state index contributed by atoms with van der Waals surface area (Å²) < 4.78 is 12.1. The molecule has 1 fully saturated rings. The van der Waals surface area contributed by atoms with Crippen molar-refractivity contribution in [3.05, 3.63) is 28.2 Å². The highest BCUT2D eigenvalue weighted by Gasteiger charge is 2.16. The van der Waals surface area contributed by atoms with E-state index in [1.54, 1.807) is 0 Å². The van der Waals surface area contributed by atoms with Crippen molar-refractivity contribution < 1.29 is 9.47 Å². The van der Waals surface area contributed by atoms with Crippen LogP contribution in [0.1, 0.15) is 18.4 Å². The molecule has 0 radical (unpaired) electrons. The van der Waals surface area contributed by atoms with Crippen LogP contribution in [0.25, 0.3) is 0 Å². The van der Waals surface area contributed by atoms with E-state index >= 15 is 0 Å². The quantitative estimate of drug-likeness (QED) is 0.871. The van der Waals surface area contributed by atoms with E-state index < -0.39 is 0 Å². The fourth-order valence-corrected chi connectivity index (χ4v) is 2.32. The SMILES string of the molecule is NC(=S)c1ccc(OC2CCOCC2)c(Br)c1. The summed E-state index contributed by atoms with van der Waals surface area (Å²) in [6.45, 7) is 1.54. The molecule has 3 nitrogen and oxygen atoms in total. The van der Waals surface area contributed by atoms with E-state index in [0.29, 0.717) is 4.99 Å². The van der Waals surface area contributed by atoms with Crippen molar-refractivity contribution in [2.75, 3.05) is 13.2 Å². The topological polar surface area (TPSA) is 44.5 Å². The Morgan fingerprint density at radius 1 is 1.41 bits per heavy atom. The first-order chi connectivity index (χ1) is 8.16. The van der Waals surface area contributed by atoms with E-state index in [1.165, 1.54) is 0 Å². The van der Waals surface area contributed by atoms with E-state index in [0.717, 1.165) is 41.8 Å². The highest BCUT2D eigenvalue weighted by Crippen LogP contribution is 2.28. The fourth-order valence-electron chi connectivity index (χ4n) is 1.72.